The fourth-order valence-corrected chi connectivity index (χ4v) is 5.12. The Kier molecular flexibility index (Phi) is 5.80. The number of fused-ring (bicyclic) bond motifs is 1. The third kappa shape index (κ3) is 3.69. The summed E-state index contributed by atoms with van der Waals surface area (Å²) in [5.41, 5.74) is 2.35. The summed E-state index contributed by atoms with van der Waals surface area (Å²) in [5, 5.41) is 11.3. The van der Waals surface area contributed by atoms with Gasteiger partial charge in [-0.15, -0.1) is 0 Å². The van der Waals surface area contributed by atoms with Crippen LogP contribution in [0.4, 0.5) is 5.69 Å². The first-order valence-corrected chi connectivity index (χ1v) is 10.7. The maximum Gasteiger partial charge on any atom is 0.229 e. The van der Waals surface area contributed by atoms with Crippen LogP contribution < -0.4 is 14.4 Å². The molecule has 2 aromatic carbocycles. The number of nitrogens with zero attached hydrogens (tertiary/aromatic N) is 3. The van der Waals surface area contributed by atoms with E-state index in [2.05, 4.69) is 11.0 Å². The number of halogens is 1. The molecule has 0 aliphatic carbocycles. The van der Waals surface area contributed by atoms with Gasteiger partial charge in [0.2, 0.25) is 5.91 Å². The van der Waals surface area contributed by atoms with Gasteiger partial charge in [-0.2, -0.15) is 5.26 Å². The fourth-order valence-electron chi connectivity index (χ4n) is 3.77. The summed E-state index contributed by atoms with van der Waals surface area (Å²) >= 11 is 7.62. The van der Waals surface area contributed by atoms with E-state index in [1.54, 1.807) is 25.2 Å². The van der Waals surface area contributed by atoms with Crippen LogP contribution in [0.25, 0.3) is 0 Å². The number of nitriles is 1. The van der Waals surface area contributed by atoms with Crippen LogP contribution in [-0.4, -0.2) is 37.6 Å². The molecule has 2 aromatic rings. The van der Waals surface area contributed by atoms with Gasteiger partial charge in [-0.1, -0.05) is 35.5 Å². The molecule has 2 aliphatic rings. The van der Waals surface area contributed by atoms with Crippen LogP contribution in [0.1, 0.15) is 17.9 Å². The Bertz CT molecular complexity index is 1070. The predicted molar refractivity (Wildman–Crippen MR) is 118 cm³/mol. The van der Waals surface area contributed by atoms with Crippen LogP contribution in [0.2, 0.25) is 5.02 Å². The number of hydrogen-bond donors (Lipinski definition) is 0. The Morgan fingerprint density at radius 2 is 2.03 bits per heavy atom. The standard InChI is InChI=1S/C22H20ClN3O3S/c1-28-16-6-7-17(20(9-16)29-2)18-10-21(27)26-12-25(13-30-22(26)19(18)11-24)15-5-3-4-14(23)8-15/h3-9,18H,10,12-13H2,1-2H3/t18-/m0/s1. The zero-order chi connectivity index (χ0) is 21.3. The van der Waals surface area contributed by atoms with E-state index in [0.717, 1.165) is 16.3 Å². The maximum atomic E-state index is 13.1. The van der Waals surface area contributed by atoms with E-state index in [4.69, 9.17) is 21.1 Å². The molecule has 1 amide bonds. The van der Waals surface area contributed by atoms with E-state index in [1.807, 2.05) is 36.4 Å². The Hall–Kier alpha value is -2.82. The van der Waals surface area contributed by atoms with Gasteiger partial charge in [0.25, 0.3) is 0 Å². The number of anilines is 1. The minimum Gasteiger partial charge on any atom is -0.497 e. The van der Waals surface area contributed by atoms with Crippen molar-refractivity contribution in [3.63, 3.8) is 0 Å². The molecule has 2 heterocycles. The molecule has 0 unspecified atom stereocenters. The minimum absolute atomic E-state index is 0.0221. The van der Waals surface area contributed by atoms with Gasteiger partial charge in [-0.05, 0) is 24.3 Å². The zero-order valence-electron chi connectivity index (χ0n) is 16.6. The molecule has 0 radical (unpaired) electrons. The number of hydrogen-bond acceptors (Lipinski definition) is 6. The van der Waals surface area contributed by atoms with Crippen molar-refractivity contribution in [1.82, 2.24) is 4.90 Å². The molecular weight excluding hydrogens is 422 g/mol. The number of allylic oxidation sites excluding steroid dienone is 1. The SMILES string of the molecule is COc1ccc([C@@H]2CC(=O)N3CN(c4cccc(Cl)c4)CSC3=C2C#N)c(OC)c1. The lowest BCUT2D eigenvalue weighted by molar-refractivity contribution is -0.129. The molecule has 8 heteroatoms. The Balaban J connectivity index is 1.69. The van der Waals surface area contributed by atoms with Gasteiger partial charge in [0.05, 0.1) is 43.4 Å². The first-order chi connectivity index (χ1) is 14.5. The molecule has 0 N–H and O–H groups in total. The normalized spacial score (nSPS) is 18.7. The predicted octanol–water partition coefficient (Wildman–Crippen LogP) is 4.58. The molecule has 30 heavy (non-hydrogen) atoms. The first kappa shape index (κ1) is 20.5. The van der Waals surface area contributed by atoms with Crippen molar-refractivity contribution < 1.29 is 14.3 Å². The maximum absolute atomic E-state index is 13.1. The van der Waals surface area contributed by atoms with Gasteiger partial charge in [0.15, 0.2) is 0 Å². The molecule has 0 spiro atoms. The van der Waals surface area contributed by atoms with E-state index < -0.39 is 0 Å². The third-order valence-corrected chi connectivity index (χ3v) is 6.67. The summed E-state index contributed by atoms with van der Waals surface area (Å²) in [6, 6.07) is 15.4. The lowest BCUT2D eigenvalue weighted by Crippen LogP contribution is -2.47. The highest BCUT2D eigenvalue weighted by atomic mass is 35.5. The number of carbonyl (C=O) groups is 1. The van der Waals surface area contributed by atoms with Gasteiger partial charge in [0.1, 0.15) is 11.5 Å². The van der Waals surface area contributed by atoms with Crippen LogP contribution in [0.15, 0.2) is 53.1 Å². The van der Waals surface area contributed by atoms with Crippen LogP contribution in [0.3, 0.4) is 0 Å². The van der Waals surface area contributed by atoms with Gasteiger partial charge < -0.3 is 14.4 Å². The summed E-state index contributed by atoms with van der Waals surface area (Å²) in [4.78, 5) is 16.9. The summed E-state index contributed by atoms with van der Waals surface area (Å²) in [7, 11) is 3.16. The van der Waals surface area contributed by atoms with Gasteiger partial charge in [0, 0.05) is 34.7 Å². The Morgan fingerprint density at radius 3 is 2.73 bits per heavy atom. The summed E-state index contributed by atoms with van der Waals surface area (Å²) in [6.45, 7) is 0.388. The van der Waals surface area contributed by atoms with E-state index >= 15 is 0 Å². The molecule has 154 valence electrons. The topological polar surface area (TPSA) is 65.8 Å². The first-order valence-electron chi connectivity index (χ1n) is 9.35. The van der Waals surface area contributed by atoms with E-state index in [0.29, 0.717) is 34.6 Å². The second-order valence-electron chi connectivity index (χ2n) is 6.95. The van der Waals surface area contributed by atoms with Gasteiger partial charge in [-0.25, -0.2) is 0 Å². The number of thioether (sulfide) groups is 1. The fraction of sp³-hybridized carbons (Fsp3) is 0.273. The Morgan fingerprint density at radius 1 is 1.20 bits per heavy atom. The van der Waals surface area contributed by atoms with Crippen LogP contribution in [-0.2, 0) is 4.79 Å². The highest BCUT2D eigenvalue weighted by Crippen LogP contribution is 2.45. The molecule has 1 atom stereocenters. The number of carbonyl (C=O) groups excluding carboxylic acids is 1. The number of ether oxygens (including phenoxy) is 2. The van der Waals surface area contributed by atoms with Crippen molar-refractivity contribution in [3.05, 3.63) is 63.7 Å². The largest absolute Gasteiger partial charge is 0.497 e. The van der Waals surface area contributed by atoms with Crippen molar-refractivity contribution in [2.45, 2.75) is 12.3 Å². The van der Waals surface area contributed by atoms with E-state index in [-0.39, 0.29) is 18.2 Å². The molecular formula is C22H20ClN3O3S. The van der Waals surface area contributed by atoms with Crippen LogP contribution in [0, 0.1) is 11.3 Å². The molecule has 0 aromatic heterocycles. The summed E-state index contributed by atoms with van der Waals surface area (Å²) in [5.74, 6) is 1.52. The second kappa shape index (κ2) is 8.50. The van der Waals surface area contributed by atoms with Crippen molar-refractivity contribution in [3.8, 4) is 17.6 Å². The van der Waals surface area contributed by atoms with Crippen molar-refractivity contribution in [1.29, 1.82) is 5.26 Å². The zero-order valence-corrected chi connectivity index (χ0v) is 18.2. The third-order valence-electron chi connectivity index (χ3n) is 5.28. The van der Waals surface area contributed by atoms with E-state index in [1.165, 1.54) is 11.8 Å². The molecule has 0 saturated carbocycles. The van der Waals surface area contributed by atoms with Crippen molar-refractivity contribution in [2.24, 2.45) is 0 Å². The lowest BCUT2D eigenvalue weighted by Gasteiger charge is -2.42. The molecule has 4 rings (SSSR count). The number of rotatable bonds is 4. The summed E-state index contributed by atoms with van der Waals surface area (Å²) < 4.78 is 10.8. The molecule has 1 saturated heterocycles. The average Bonchev–Trinajstić information content (AvgIpc) is 2.78. The van der Waals surface area contributed by atoms with Crippen molar-refractivity contribution in [2.75, 3.05) is 31.7 Å². The minimum atomic E-state index is -0.347. The number of benzene rings is 2. The Labute approximate surface area is 184 Å². The van der Waals surface area contributed by atoms with Crippen LogP contribution in [0.5, 0.6) is 11.5 Å². The number of amides is 1. The molecule has 1 fully saturated rings. The van der Waals surface area contributed by atoms with Crippen molar-refractivity contribution >= 4 is 35.0 Å². The highest BCUT2D eigenvalue weighted by molar-refractivity contribution is 8.03. The molecule has 2 aliphatic heterocycles. The quantitative estimate of drug-likeness (QED) is 0.692. The van der Waals surface area contributed by atoms with Gasteiger partial charge in [-0.3, -0.25) is 9.69 Å². The highest BCUT2D eigenvalue weighted by Gasteiger charge is 2.39. The average molecular weight is 442 g/mol. The molecule has 6 nitrogen and oxygen atoms in total. The molecule has 0 bridgehead atoms. The number of methoxy groups -OCH3 is 2. The van der Waals surface area contributed by atoms with Gasteiger partial charge >= 0.3 is 0 Å². The monoisotopic (exact) mass is 441 g/mol. The smallest absolute Gasteiger partial charge is 0.229 e. The van der Waals surface area contributed by atoms with E-state index in [9.17, 15) is 10.1 Å². The van der Waals surface area contributed by atoms with Crippen LogP contribution >= 0.6 is 23.4 Å². The summed E-state index contributed by atoms with van der Waals surface area (Å²) in [6.07, 6.45) is 0.207. The lowest BCUT2D eigenvalue weighted by atomic mass is 9.86. The second-order valence-corrected chi connectivity index (χ2v) is 8.32.